The van der Waals surface area contributed by atoms with Gasteiger partial charge in [0.25, 0.3) is 5.91 Å². The van der Waals surface area contributed by atoms with E-state index >= 15 is 0 Å². The molecule has 2 fully saturated rings. The summed E-state index contributed by atoms with van der Waals surface area (Å²) in [6, 6.07) is 22.8. The third kappa shape index (κ3) is 3.96. The molecule has 2 N–H and O–H groups in total. The van der Waals surface area contributed by atoms with Gasteiger partial charge in [-0.1, -0.05) is 54.6 Å². The topological polar surface area (TPSA) is 71.3 Å². The summed E-state index contributed by atoms with van der Waals surface area (Å²) in [5, 5.41) is 12.7. The van der Waals surface area contributed by atoms with Crippen molar-refractivity contribution in [3.63, 3.8) is 0 Å². The predicted molar refractivity (Wildman–Crippen MR) is 136 cm³/mol. The van der Waals surface area contributed by atoms with E-state index in [-0.39, 0.29) is 23.2 Å². The Bertz CT molecular complexity index is 1500. The number of fused-ring (bicyclic) bond motifs is 1. The Morgan fingerprint density at radius 2 is 1.67 bits per heavy atom. The van der Waals surface area contributed by atoms with Crippen LogP contribution >= 0.6 is 0 Å². The fourth-order valence-corrected chi connectivity index (χ4v) is 5.88. The standard InChI is InChI=1S/C30H27FN2O3/c31-26-11-10-25(28(34)32-23-16-30(17-23)14-22(15-30)29(35)36)27-24(26)12-13-33(27)18-19-6-8-21(9-7-19)20-4-2-1-3-5-20/h1-13,22-23H,14-18H2,(H,32,34)(H,35,36)/i22D. The quantitative estimate of drug-likeness (QED) is 0.360. The van der Waals surface area contributed by atoms with Gasteiger partial charge >= 0.3 is 5.97 Å². The van der Waals surface area contributed by atoms with Crippen LogP contribution in [-0.4, -0.2) is 27.6 Å². The first-order valence-electron chi connectivity index (χ1n) is 12.7. The SMILES string of the molecule is [2H]C1(C(=O)O)CC2(CC(NC(=O)c3ccc(F)c4ccn(Cc5ccc(-c6ccccc6)cc5)c34)C2)C1. The van der Waals surface area contributed by atoms with E-state index in [2.05, 4.69) is 29.6 Å². The number of aliphatic carboxylic acids is 1. The number of carboxylic acid groups (broad SMARTS) is 1. The molecule has 1 aromatic heterocycles. The van der Waals surface area contributed by atoms with E-state index in [0.29, 0.717) is 48.7 Å². The summed E-state index contributed by atoms with van der Waals surface area (Å²) < 4.78 is 24.5. The highest BCUT2D eigenvalue weighted by Crippen LogP contribution is 2.58. The van der Waals surface area contributed by atoms with Gasteiger partial charge in [0.2, 0.25) is 0 Å². The van der Waals surface area contributed by atoms with E-state index in [1.165, 1.54) is 12.1 Å². The van der Waals surface area contributed by atoms with Crippen molar-refractivity contribution in [3.8, 4) is 11.1 Å². The Morgan fingerprint density at radius 1 is 0.972 bits per heavy atom. The Kier molecular flexibility index (Phi) is 5.12. The molecule has 36 heavy (non-hydrogen) atoms. The van der Waals surface area contributed by atoms with Crippen molar-refractivity contribution in [2.45, 2.75) is 38.3 Å². The number of carbonyl (C=O) groups excluding carboxylic acids is 1. The molecule has 0 saturated heterocycles. The Balaban J connectivity index is 1.19. The van der Waals surface area contributed by atoms with Crippen LogP contribution in [0.2, 0.25) is 0 Å². The van der Waals surface area contributed by atoms with Gasteiger partial charge in [0.15, 0.2) is 0 Å². The van der Waals surface area contributed by atoms with Gasteiger partial charge in [-0.05, 0) is 66.0 Å². The Labute approximate surface area is 210 Å². The lowest BCUT2D eigenvalue weighted by molar-refractivity contribution is -0.155. The van der Waals surface area contributed by atoms with Gasteiger partial charge in [-0.15, -0.1) is 0 Å². The number of nitrogens with zero attached hydrogens (tertiary/aromatic N) is 1. The zero-order valence-corrected chi connectivity index (χ0v) is 19.7. The van der Waals surface area contributed by atoms with Crippen LogP contribution in [0.3, 0.4) is 0 Å². The van der Waals surface area contributed by atoms with E-state index in [4.69, 9.17) is 1.37 Å². The van der Waals surface area contributed by atoms with Crippen molar-refractivity contribution >= 4 is 22.8 Å². The van der Waals surface area contributed by atoms with Crippen LogP contribution in [0.25, 0.3) is 22.0 Å². The number of carbonyl (C=O) groups is 2. The van der Waals surface area contributed by atoms with Gasteiger partial charge in [0.05, 0.1) is 17.0 Å². The number of amides is 1. The molecule has 0 bridgehead atoms. The van der Waals surface area contributed by atoms with Crippen molar-refractivity contribution < 1.29 is 20.5 Å². The van der Waals surface area contributed by atoms with Gasteiger partial charge in [0, 0.05) is 25.5 Å². The lowest BCUT2D eigenvalue weighted by Gasteiger charge is -2.56. The van der Waals surface area contributed by atoms with E-state index in [1.54, 1.807) is 6.07 Å². The number of hydrogen-bond donors (Lipinski definition) is 2. The van der Waals surface area contributed by atoms with E-state index in [9.17, 15) is 19.1 Å². The fourth-order valence-electron chi connectivity index (χ4n) is 5.88. The molecular weight excluding hydrogens is 455 g/mol. The molecule has 1 spiro atoms. The minimum Gasteiger partial charge on any atom is -0.481 e. The molecule has 6 heteroatoms. The van der Waals surface area contributed by atoms with E-state index in [1.807, 2.05) is 41.1 Å². The third-order valence-electron chi connectivity index (χ3n) is 7.70. The van der Waals surface area contributed by atoms with Gasteiger partial charge < -0.3 is 15.0 Å². The minimum absolute atomic E-state index is 0.0695. The molecule has 0 unspecified atom stereocenters. The molecule has 6 rings (SSSR count). The minimum atomic E-state index is -1.39. The number of carboxylic acids is 1. The van der Waals surface area contributed by atoms with Crippen LogP contribution < -0.4 is 5.32 Å². The molecule has 2 saturated carbocycles. The van der Waals surface area contributed by atoms with Crippen molar-refractivity contribution in [2.24, 2.45) is 11.3 Å². The monoisotopic (exact) mass is 483 g/mol. The van der Waals surface area contributed by atoms with Gasteiger partial charge in [-0.3, -0.25) is 9.59 Å². The number of halogens is 1. The maximum atomic E-state index is 14.6. The zero-order chi connectivity index (χ0) is 25.8. The lowest BCUT2D eigenvalue weighted by Crippen LogP contribution is -2.57. The predicted octanol–water partition coefficient (Wildman–Crippen LogP) is 5.87. The van der Waals surface area contributed by atoms with E-state index < -0.39 is 11.9 Å². The average Bonchev–Trinajstić information content (AvgIpc) is 3.27. The van der Waals surface area contributed by atoms with Crippen molar-refractivity contribution in [3.05, 3.63) is 95.9 Å². The van der Waals surface area contributed by atoms with Crippen molar-refractivity contribution in [1.82, 2.24) is 9.88 Å². The zero-order valence-electron chi connectivity index (χ0n) is 20.7. The third-order valence-corrected chi connectivity index (χ3v) is 7.70. The molecule has 0 aliphatic heterocycles. The lowest BCUT2D eigenvalue weighted by atomic mass is 9.50. The number of nitrogens with one attached hydrogen (secondary N) is 1. The summed E-state index contributed by atoms with van der Waals surface area (Å²) in [5.41, 5.74) is 4.11. The highest BCUT2D eigenvalue weighted by molar-refractivity contribution is 6.06. The second-order valence-electron chi connectivity index (χ2n) is 10.2. The summed E-state index contributed by atoms with van der Waals surface area (Å²) >= 11 is 0. The highest BCUT2D eigenvalue weighted by Gasteiger charge is 2.55. The summed E-state index contributed by atoms with van der Waals surface area (Å²) in [4.78, 5) is 24.5. The van der Waals surface area contributed by atoms with Crippen molar-refractivity contribution in [2.75, 3.05) is 0 Å². The Hall–Kier alpha value is -3.93. The molecule has 2 aliphatic carbocycles. The maximum absolute atomic E-state index is 14.6. The fraction of sp³-hybridized carbons (Fsp3) is 0.267. The van der Waals surface area contributed by atoms with Crippen LogP contribution in [0.5, 0.6) is 0 Å². The van der Waals surface area contributed by atoms with Crippen LogP contribution in [0.15, 0.2) is 79.0 Å². The van der Waals surface area contributed by atoms with Crippen LogP contribution in [0, 0.1) is 17.1 Å². The molecular formula is C30H27FN2O3. The number of hydrogen-bond acceptors (Lipinski definition) is 2. The average molecular weight is 484 g/mol. The second-order valence-corrected chi connectivity index (χ2v) is 10.2. The van der Waals surface area contributed by atoms with Crippen LogP contribution in [0.1, 0.15) is 43.0 Å². The molecule has 2 aliphatic rings. The number of aromatic nitrogens is 1. The molecule has 5 nitrogen and oxygen atoms in total. The molecule has 1 amide bonds. The van der Waals surface area contributed by atoms with Gasteiger partial charge in [-0.2, -0.15) is 0 Å². The van der Waals surface area contributed by atoms with Crippen LogP contribution in [-0.2, 0) is 11.3 Å². The molecule has 0 atom stereocenters. The summed E-state index contributed by atoms with van der Waals surface area (Å²) in [6.07, 6.45) is 3.81. The molecule has 1 heterocycles. The first-order chi connectivity index (χ1) is 17.8. The first-order valence-corrected chi connectivity index (χ1v) is 12.2. The Morgan fingerprint density at radius 3 is 2.36 bits per heavy atom. The van der Waals surface area contributed by atoms with Gasteiger partial charge in [0.1, 0.15) is 5.82 Å². The normalized spacial score (nSPS) is 25.1. The molecule has 182 valence electrons. The van der Waals surface area contributed by atoms with Crippen LogP contribution in [0.4, 0.5) is 4.39 Å². The molecule has 3 aromatic carbocycles. The van der Waals surface area contributed by atoms with Gasteiger partial charge in [-0.25, -0.2) is 4.39 Å². The summed E-state index contributed by atoms with van der Waals surface area (Å²) in [5.74, 6) is -3.10. The maximum Gasteiger partial charge on any atom is 0.306 e. The smallest absolute Gasteiger partial charge is 0.306 e. The first kappa shape index (κ1) is 21.4. The summed E-state index contributed by atoms with van der Waals surface area (Å²) in [6.45, 7) is 0.496. The van der Waals surface area contributed by atoms with Crippen molar-refractivity contribution in [1.29, 1.82) is 0 Å². The second kappa shape index (κ2) is 8.63. The molecule has 0 radical (unpaired) electrons. The molecule has 4 aromatic rings. The van der Waals surface area contributed by atoms with E-state index in [0.717, 1.165) is 16.7 Å². The number of benzene rings is 3. The number of rotatable bonds is 6. The highest BCUT2D eigenvalue weighted by atomic mass is 19.1. The largest absolute Gasteiger partial charge is 0.481 e. The summed E-state index contributed by atoms with van der Waals surface area (Å²) in [7, 11) is 0.